The van der Waals surface area contributed by atoms with E-state index in [1.807, 2.05) is 25.6 Å². The Morgan fingerprint density at radius 2 is 1.88 bits per heavy atom. The van der Waals surface area contributed by atoms with Crippen molar-refractivity contribution in [3.63, 3.8) is 0 Å². The van der Waals surface area contributed by atoms with Gasteiger partial charge in [-0.25, -0.2) is 0 Å². The molecular weight excluding hydrogens is 116 g/mol. The van der Waals surface area contributed by atoms with Crippen LogP contribution in [0.5, 0.6) is 0 Å². The van der Waals surface area contributed by atoms with Crippen molar-refractivity contribution < 1.29 is 4.80 Å². The van der Waals surface area contributed by atoms with Crippen molar-refractivity contribution in [2.75, 3.05) is 0 Å². The summed E-state index contributed by atoms with van der Waals surface area (Å²) in [5.74, 6) is 0. The van der Waals surface area contributed by atoms with Gasteiger partial charge in [0, 0.05) is 0 Å². The molecule has 1 N–H and O–H groups in total. The van der Waals surface area contributed by atoms with Gasteiger partial charge in [0.25, 0.3) is 0 Å². The fraction of sp³-hybridized carbons (Fsp3) is 0.333. The zero-order chi connectivity index (χ0) is 6.83. The first-order valence-corrected chi connectivity index (χ1v) is 4.07. The molecule has 0 spiro atoms. The Labute approximate surface area is 53.7 Å². The lowest BCUT2D eigenvalue weighted by Gasteiger charge is -1.64. The van der Waals surface area contributed by atoms with Crippen LogP contribution in [0.1, 0.15) is 13.8 Å². The van der Waals surface area contributed by atoms with E-state index in [0.717, 1.165) is 0 Å². The Morgan fingerprint density at radius 3 is 1.88 bits per heavy atom. The number of allylic oxidation sites excluding steroid dienone is 2. The molecule has 0 saturated heterocycles. The van der Waals surface area contributed by atoms with E-state index in [1.54, 1.807) is 6.08 Å². The van der Waals surface area contributed by atoms with Crippen LogP contribution in [0.3, 0.4) is 0 Å². The normalized spacial score (nSPS) is 9.38. The van der Waals surface area contributed by atoms with Gasteiger partial charge >= 0.3 is 0 Å². The Balaban J connectivity index is 0. The van der Waals surface area contributed by atoms with Crippen LogP contribution < -0.4 is 0 Å². The molecule has 1 nitrogen and oxygen atoms in total. The minimum absolute atomic E-state index is 0.767. The summed E-state index contributed by atoms with van der Waals surface area (Å²) in [5.41, 5.74) is 1.82. The van der Waals surface area contributed by atoms with Crippen LogP contribution in [-0.4, -0.2) is 14.6 Å². The Bertz CT molecular complexity index is 59.5. The minimum Gasteiger partial charge on any atom is -0.434 e. The number of hydrogen-bond donors (Lipinski definition) is 1. The van der Waals surface area contributed by atoms with Gasteiger partial charge in [-0.3, -0.25) is 0 Å². The molecule has 0 aromatic carbocycles. The minimum atomic E-state index is -0.767. The standard InChI is InChI=1S/C3H8OSi.C3H6/c1-2-3-5-4;1-3-2/h2-4H,5H2,1H3;3H,1H2,2H3. The molecule has 0 aliphatic carbocycles. The molecule has 0 unspecified atom stereocenters. The molecule has 0 saturated carbocycles. The maximum atomic E-state index is 8.12. The topological polar surface area (TPSA) is 20.2 Å². The molecule has 0 heterocycles. The summed E-state index contributed by atoms with van der Waals surface area (Å²) in [6.07, 6.45) is 3.62. The highest BCUT2D eigenvalue weighted by molar-refractivity contribution is 6.32. The monoisotopic (exact) mass is 130 g/mol. The summed E-state index contributed by atoms with van der Waals surface area (Å²) in [6.45, 7) is 7.16. The summed E-state index contributed by atoms with van der Waals surface area (Å²) < 4.78 is 0. The van der Waals surface area contributed by atoms with E-state index in [9.17, 15) is 0 Å². The second-order valence-electron chi connectivity index (χ2n) is 1.16. The lowest BCUT2D eigenvalue weighted by Crippen LogP contribution is -1.73. The fourth-order valence-electron chi connectivity index (χ4n) is 0.105. The summed E-state index contributed by atoms with van der Waals surface area (Å²) in [4.78, 5) is 8.12. The molecule has 0 aromatic rings. The van der Waals surface area contributed by atoms with Crippen LogP contribution in [0.15, 0.2) is 24.4 Å². The van der Waals surface area contributed by atoms with Gasteiger partial charge in [0.05, 0.1) is 0 Å². The van der Waals surface area contributed by atoms with Crippen molar-refractivity contribution >= 4 is 9.76 Å². The van der Waals surface area contributed by atoms with E-state index in [-0.39, 0.29) is 0 Å². The van der Waals surface area contributed by atoms with Gasteiger partial charge in [0.15, 0.2) is 9.76 Å². The number of rotatable bonds is 1. The van der Waals surface area contributed by atoms with Gasteiger partial charge in [0.2, 0.25) is 0 Å². The second kappa shape index (κ2) is 15.9. The molecule has 0 amide bonds. The average Bonchev–Trinajstić information content (AvgIpc) is 1.71. The van der Waals surface area contributed by atoms with E-state index < -0.39 is 9.76 Å². The van der Waals surface area contributed by atoms with E-state index in [1.165, 1.54) is 0 Å². The van der Waals surface area contributed by atoms with Crippen LogP contribution in [0, 0.1) is 0 Å². The molecule has 0 fully saturated rings. The van der Waals surface area contributed by atoms with Crippen LogP contribution in [-0.2, 0) is 0 Å². The van der Waals surface area contributed by atoms with Crippen LogP contribution in [0.4, 0.5) is 0 Å². The molecule has 0 aromatic heterocycles. The molecule has 0 aliphatic rings. The Kier molecular flexibility index (Phi) is 21.1. The zero-order valence-corrected chi connectivity index (χ0v) is 7.01. The lowest BCUT2D eigenvalue weighted by molar-refractivity contribution is 0.614. The van der Waals surface area contributed by atoms with Crippen molar-refractivity contribution in [2.24, 2.45) is 0 Å². The summed E-state index contributed by atoms with van der Waals surface area (Å²) in [5, 5.41) is 0. The van der Waals surface area contributed by atoms with Gasteiger partial charge in [-0.2, -0.15) is 0 Å². The van der Waals surface area contributed by atoms with Crippen LogP contribution in [0.25, 0.3) is 0 Å². The lowest BCUT2D eigenvalue weighted by atomic mass is 10.8. The molecule has 0 bridgehead atoms. The van der Waals surface area contributed by atoms with Crippen LogP contribution >= 0.6 is 0 Å². The maximum Gasteiger partial charge on any atom is 0.180 e. The first kappa shape index (κ1) is 10.6. The van der Waals surface area contributed by atoms with Gasteiger partial charge in [-0.1, -0.05) is 17.9 Å². The predicted octanol–water partition coefficient (Wildman–Crippen LogP) is 0.788. The van der Waals surface area contributed by atoms with Crippen molar-refractivity contribution in [2.45, 2.75) is 13.8 Å². The van der Waals surface area contributed by atoms with E-state index >= 15 is 0 Å². The molecule has 8 heavy (non-hydrogen) atoms. The first-order chi connectivity index (χ1) is 3.83. The van der Waals surface area contributed by atoms with Crippen molar-refractivity contribution in [1.82, 2.24) is 0 Å². The molecule has 0 atom stereocenters. The number of hydrogen-bond acceptors (Lipinski definition) is 1. The highest BCUT2D eigenvalue weighted by atomic mass is 28.2. The Hall–Kier alpha value is -0.343. The van der Waals surface area contributed by atoms with Crippen molar-refractivity contribution in [3.05, 3.63) is 24.4 Å². The third-order valence-electron chi connectivity index (χ3n) is 0.341. The molecule has 0 radical (unpaired) electrons. The van der Waals surface area contributed by atoms with Crippen molar-refractivity contribution in [1.29, 1.82) is 0 Å². The fourth-order valence-corrected chi connectivity index (χ4v) is 0.316. The molecule has 0 aliphatic heterocycles. The van der Waals surface area contributed by atoms with Crippen molar-refractivity contribution in [3.8, 4) is 0 Å². The largest absolute Gasteiger partial charge is 0.434 e. The third kappa shape index (κ3) is 44.7. The zero-order valence-electron chi connectivity index (χ0n) is 5.59. The highest BCUT2D eigenvalue weighted by Crippen LogP contribution is 1.57. The highest BCUT2D eigenvalue weighted by Gasteiger charge is 1.56. The SMILES string of the molecule is C=CC.CC=C[SiH2]O. The third-order valence-corrected chi connectivity index (χ3v) is 1.02. The van der Waals surface area contributed by atoms with E-state index in [2.05, 4.69) is 6.58 Å². The van der Waals surface area contributed by atoms with Gasteiger partial charge in [-0.05, 0) is 13.8 Å². The summed E-state index contributed by atoms with van der Waals surface area (Å²) >= 11 is 0. The summed E-state index contributed by atoms with van der Waals surface area (Å²) in [7, 11) is -0.767. The first-order valence-electron chi connectivity index (χ1n) is 2.62. The Morgan fingerprint density at radius 1 is 1.50 bits per heavy atom. The average molecular weight is 130 g/mol. The quantitative estimate of drug-likeness (QED) is 0.411. The molecular formula is C6H14OSi. The molecule has 2 heteroatoms. The van der Waals surface area contributed by atoms with Gasteiger partial charge < -0.3 is 4.80 Å². The maximum absolute atomic E-state index is 8.12. The predicted molar refractivity (Wildman–Crippen MR) is 41.4 cm³/mol. The second-order valence-corrected chi connectivity index (χ2v) is 2.00. The van der Waals surface area contributed by atoms with E-state index in [0.29, 0.717) is 0 Å². The smallest absolute Gasteiger partial charge is 0.180 e. The van der Waals surface area contributed by atoms with E-state index in [4.69, 9.17) is 4.80 Å². The molecule has 48 valence electrons. The molecule has 0 rings (SSSR count). The van der Waals surface area contributed by atoms with Gasteiger partial charge in [-0.15, -0.1) is 6.58 Å². The van der Waals surface area contributed by atoms with Gasteiger partial charge in [0.1, 0.15) is 0 Å². The van der Waals surface area contributed by atoms with Crippen LogP contribution in [0.2, 0.25) is 0 Å². The summed E-state index contributed by atoms with van der Waals surface area (Å²) in [6, 6.07) is 0.